The lowest BCUT2D eigenvalue weighted by Gasteiger charge is -2.27. The third-order valence-electron chi connectivity index (χ3n) is 4.15. The Morgan fingerprint density at radius 3 is 2.45 bits per heavy atom. The molecule has 1 N–H and O–H groups in total. The highest BCUT2D eigenvalue weighted by Gasteiger charge is 2.34. The maximum atomic E-state index is 13.6. The molecule has 0 saturated carbocycles. The molecule has 0 saturated heterocycles. The zero-order valence-corrected chi connectivity index (χ0v) is 17.6. The summed E-state index contributed by atoms with van der Waals surface area (Å²) < 4.78 is 46.2. The fraction of sp³-hybridized carbons (Fsp3) is 0.368. The number of aromatic amines is 1. The van der Waals surface area contributed by atoms with Crippen LogP contribution in [0.3, 0.4) is 0 Å². The second-order valence-electron chi connectivity index (χ2n) is 7.41. The van der Waals surface area contributed by atoms with Crippen LogP contribution in [0, 0.1) is 0 Å². The Morgan fingerprint density at radius 2 is 1.90 bits per heavy atom. The predicted octanol–water partition coefficient (Wildman–Crippen LogP) is 6.80. The van der Waals surface area contributed by atoms with E-state index in [1.54, 1.807) is 27.7 Å². The van der Waals surface area contributed by atoms with Gasteiger partial charge in [0, 0.05) is 23.5 Å². The summed E-state index contributed by atoms with van der Waals surface area (Å²) in [5, 5.41) is 0.598. The number of aromatic nitrogens is 2. The van der Waals surface area contributed by atoms with Crippen LogP contribution in [0.2, 0.25) is 10.0 Å². The first kappa shape index (κ1) is 21.5. The van der Waals surface area contributed by atoms with Gasteiger partial charge in [-0.2, -0.15) is 13.2 Å². The van der Waals surface area contributed by atoms with E-state index < -0.39 is 23.4 Å². The van der Waals surface area contributed by atoms with E-state index in [2.05, 4.69) is 9.97 Å². The number of hydrogen-bond donors (Lipinski definition) is 1. The summed E-state index contributed by atoms with van der Waals surface area (Å²) in [4.78, 5) is 20.9. The Labute approximate surface area is 174 Å². The lowest BCUT2D eigenvalue weighted by Crippen LogP contribution is -2.37. The molecule has 0 spiro atoms. The fourth-order valence-corrected chi connectivity index (χ4v) is 3.35. The van der Waals surface area contributed by atoms with E-state index in [0.717, 1.165) is 17.0 Å². The van der Waals surface area contributed by atoms with Crippen molar-refractivity contribution >= 4 is 56.9 Å². The number of ether oxygens (including phenoxy) is 1. The van der Waals surface area contributed by atoms with Crippen molar-refractivity contribution in [1.29, 1.82) is 0 Å². The number of fused-ring (bicyclic) bond motifs is 3. The molecule has 10 heteroatoms. The molecular weight excluding hydrogens is 430 g/mol. The lowest BCUT2D eigenvalue weighted by atomic mass is 10.1. The second-order valence-corrected chi connectivity index (χ2v) is 8.19. The van der Waals surface area contributed by atoms with E-state index in [-0.39, 0.29) is 44.2 Å². The Hall–Kier alpha value is -2.19. The molecule has 0 radical (unpaired) electrons. The summed E-state index contributed by atoms with van der Waals surface area (Å²) >= 11 is 12.3. The molecule has 156 valence electrons. The fourth-order valence-electron chi connectivity index (χ4n) is 2.97. The van der Waals surface area contributed by atoms with Gasteiger partial charge in [-0.3, -0.25) is 4.90 Å². The topological polar surface area (TPSA) is 58.2 Å². The Kier molecular flexibility index (Phi) is 5.38. The Bertz CT molecular complexity index is 1100. The van der Waals surface area contributed by atoms with Gasteiger partial charge >= 0.3 is 12.3 Å². The van der Waals surface area contributed by atoms with Gasteiger partial charge in [0.05, 0.1) is 26.8 Å². The summed E-state index contributed by atoms with van der Waals surface area (Å²) in [7, 11) is 0. The monoisotopic (exact) mass is 447 g/mol. The van der Waals surface area contributed by atoms with Gasteiger partial charge in [0.25, 0.3) is 0 Å². The molecule has 1 aromatic carbocycles. The number of halogens is 5. The Balaban J connectivity index is 2.35. The zero-order chi connectivity index (χ0) is 21.7. The van der Waals surface area contributed by atoms with Crippen molar-refractivity contribution in [2.45, 2.75) is 39.5 Å². The summed E-state index contributed by atoms with van der Waals surface area (Å²) in [5.41, 5.74) is -1.20. The third-order valence-corrected chi connectivity index (χ3v) is 4.93. The number of rotatable bonds is 2. The minimum absolute atomic E-state index is 0.0109. The zero-order valence-electron chi connectivity index (χ0n) is 16.0. The minimum Gasteiger partial charge on any atom is -0.443 e. The molecule has 2 aromatic heterocycles. The van der Waals surface area contributed by atoms with Crippen molar-refractivity contribution in [2.24, 2.45) is 0 Å². The molecule has 0 aliphatic heterocycles. The highest BCUT2D eigenvalue weighted by Crippen LogP contribution is 2.42. The van der Waals surface area contributed by atoms with E-state index in [1.807, 2.05) is 0 Å². The molecule has 3 aromatic rings. The van der Waals surface area contributed by atoms with E-state index in [9.17, 15) is 18.0 Å². The predicted molar refractivity (Wildman–Crippen MR) is 108 cm³/mol. The van der Waals surface area contributed by atoms with Gasteiger partial charge in [-0.1, -0.05) is 23.2 Å². The number of H-pyrrole nitrogens is 1. The van der Waals surface area contributed by atoms with Crippen LogP contribution >= 0.6 is 23.2 Å². The maximum Gasteiger partial charge on any atom is 0.416 e. The third kappa shape index (κ3) is 4.09. The molecule has 0 atom stereocenters. The maximum absolute atomic E-state index is 13.6. The standard InChI is InChI=1S/C19H18Cl2F3N3O2/c1-5-27(17(28)29-18(2,3)4)12-7-9(19(22,23)24)6-10-13-14(21)11(20)8-25-16(13)26-15(10)12/h6-8H,5H2,1-4H3,(H,25,26). The highest BCUT2D eigenvalue weighted by molar-refractivity contribution is 6.46. The first-order valence-corrected chi connectivity index (χ1v) is 9.46. The molecule has 0 unspecified atom stereocenters. The molecular formula is C19H18Cl2F3N3O2. The van der Waals surface area contributed by atoms with Crippen LogP contribution < -0.4 is 4.90 Å². The van der Waals surface area contributed by atoms with Crippen molar-refractivity contribution in [3.05, 3.63) is 33.9 Å². The minimum atomic E-state index is -4.64. The number of hydrogen-bond acceptors (Lipinski definition) is 3. The van der Waals surface area contributed by atoms with Crippen molar-refractivity contribution in [1.82, 2.24) is 9.97 Å². The quantitative estimate of drug-likeness (QED) is 0.469. The van der Waals surface area contributed by atoms with Crippen LogP contribution in [0.15, 0.2) is 18.3 Å². The number of benzene rings is 1. The van der Waals surface area contributed by atoms with E-state index in [1.165, 1.54) is 6.20 Å². The number of nitrogens with zero attached hydrogens (tertiary/aromatic N) is 2. The van der Waals surface area contributed by atoms with Crippen molar-refractivity contribution < 1.29 is 22.7 Å². The van der Waals surface area contributed by atoms with E-state index in [4.69, 9.17) is 27.9 Å². The smallest absolute Gasteiger partial charge is 0.416 e. The number of carbonyl (C=O) groups excluding carboxylic acids is 1. The van der Waals surface area contributed by atoms with Gasteiger partial charge in [-0.25, -0.2) is 9.78 Å². The van der Waals surface area contributed by atoms with Crippen molar-refractivity contribution in [3.8, 4) is 0 Å². The van der Waals surface area contributed by atoms with Crippen LogP contribution in [-0.4, -0.2) is 28.2 Å². The van der Waals surface area contributed by atoms with Crippen LogP contribution in [0.5, 0.6) is 0 Å². The van der Waals surface area contributed by atoms with Gasteiger partial charge in [0.2, 0.25) is 0 Å². The van der Waals surface area contributed by atoms with E-state index >= 15 is 0 Å². The summed E-state index contributed by atoms with van der Waals surface area (Å²) in [5.74, 6) is 0. The number of carbonyl (C=O) groups is 1. The number of anilines is 1. The molecule has 5 nitrogen and oxygen atoms in total. The number of alkyl halides is 3. The molecule has 0 aliphatic carbocycles. The van der Waals surface area contributed by atoms with Gasteiger partial charge in [-0.15, -0.1) is 0 Å². The molecule has 0 bridgehead atoms. The van der Waals surface area contributed by atoms with Crippen molar-refractivity contribution in [2.75, 3.05) is 11.4 Å². The molecule has 29 heavy (non-hydrogen) atoms. The van der Waals surface area contributed by atoms with Gasteiger partial charge in [0.1, 0.15) is 11.2 Å². The first-order valence-electron chi connectivity index (χ1n) is 8.70. The lowest BCUT2D eigenvalue weighted by molar-refractivity contribution is -0.137. The van der Waals surface area contributed by atoms with Crippen LogP contribution in [0.4, 0.5) is 23.7 Å². The first-order chi connectivity index (χ1) is 13.3. The van der Waals surface area contributed by atoms with E-state index in [0.29, 0.717) is 0 Å². The summed E-state index contributed by atoms with van der Waals surface area (Å²) in [6.07, 6.45) is -4.10. The van der Waals surface area contributed by atoms with Gasteiger partial charge < -0.3 is 9.72 Å². The SMILES string of the molecule is CCN(C(=O)OC(C)(C)C)c1cc(C(F)(F)F)cc2c1[nH]c1ncc(Cl)c(Cl)c12. The molecule has 0 fully saturated rings. The molecule has 0 aliphatic rings. The van der Waals surface area contributed by atoms with Crippen LogP contribution in [0.1, 0.15) is 33.3 Å². The van der Waals surface area contributed by atoms with Crippen LogP contribution in [-0.2, 0) is 10.9 Å². The van der Waals surface area contributed by atoms with Crippen LogP contribution in [0.25, 0.3) is 21.9 Å². The summed E-state index contributed by atoms with van der Waals surface area (Å²) in [6, 6.07) is 1.87. The van der Waals surface area contributed by atoms with Gasteiger partial charge in [-0.05, 0) is 39.8 Å². The average molecular weight is 448 g/mol. The number of pyridine rings is 1. The second kappa shape index (κ2) is 7.25. The average Bonchev–Trinajstić information content (AvgIpc) is 2.95. The molecule has 3 rings (SSSR count). The summed E-state index contributed by atoms with van der Waals surface area (Å²) in [6.45, 7) is 6.75. The van der Waals surface area contributed by atoms with Gasteiger partial charge in [0.15, 0.2) is 0 Å². The Morgan fingerprint density at radius 1 is 1.24 bits per heavy atom. The highest BCUT2D eigenvalue weighted by atomic mass is 35.5. The molecule has 2 heterocycles. The number of amides is 1. The largest absolute Gasteiger partial charge is 0.443 e. The normalized spacial score (nSPS) is 12.6. The molecule has 1 amide bonds. The van der Waals surface area contributed by atoms with Crippen molar-refractivity contribution in [3.63, 3.8) is 0 Å². The number of nitrogens with one attached hydrogen (secondary N) is 1.